The van der Waals surface area contributed by atoms with Crippen LogP contribution in [0.1, 0.15) is 10.5 Å². The van der Waals surface area contributed by atoms with Crippen LogP contribution in [-0.2, 0) is 0 Å². The number of nitrogens with one attached hydrogen (secondary N) is 1. The molecule has 0 radical (unpaired) electrons. The van der Waals surface area contributed by atoms with E-state index in [2.05, 4.69) is 10.4 Å². The molecular formula is C19H14FN3O5. The predicted octanol–water partition coefficient (Wildman–Crippen LogP) is 2.36. The molecule has 0 saturated carbocycles. The monoisotopic (exact) mass is 383 g/mol. The second-order valence-corrected chi connectivity index (χ2v) is 5.81. The highest BCUT2D eigenvalue weighted by Gasteiger charge is 2.20. The summed E-state index contributed by atoms with van der Waals surface area (Å²) in [6.07, 6.45) is 0. The van der Waals surface area contributed by atoms with E-state index in [-0.39, 0.29) is 18.2 Å². The fourth-order valence-corrected chi connectivity index (χ4v) is 2.68. The lowest BCUT2D eigenvalue weighted by Gasteiger charge is -2.11. The largest absolute Gasteiger partial charge is 0.494 e. The molecule has 3 aromatic rings. The number of carbonyl (C=O) groups is 1. The Morgan fingerprint density at radius 2 is 1.89 bits per heavy atom. The predicted molar refractivity (Wildman–Crippen MR) is 96.9 cm³/mol. The number of nitrogens with zero attached hydrogens (tertiary/aromatic N) is 2. The SMILES string of the molecule is COc1cc(=O)n(-c2ccc(F)cc2)nc1C(=O)Nc1ccc2c(c1)OCO2. The molecule has 0 spiro atoms. The number of ether oxygens (including phenoxy) is 3. The summed E-state index contributed by atoms with van der Waals surface area (Å²) in [5.41, 5.74) is 0.135. The molecule has 0 saturated heterocycles. The second-order valence-electron chi connectivity index (χ2n) is 5.81. The smallest absolute Gasteiger partial charge is 0.280 e. The van der Waals surface area contributed by atoms with E-state index in [1.165, 1.54) is 31.4 Å². The average Bonchev–Trinajstić information content (AvgIpc) is 3.16. The average molecular weight is 383 g/mol. The molecule has 0 atom stereocenters. The molecule has 0 bridgehead atoms. The van der Waals surface area contributed by atoms with E-state index >= 15 is 0 Å². The van der Waals surface area contributed by atoms with Crippen LogP contribution in [0.5, 0.6) is 17.2 Å². The highest BCUT2D eigenvalue weighted by atomic mass is 19.1. The number of benzene rings is 2. The summed E-state index contributed by atoms with van der Waals surface area (Å²) in [6.45, 7) is 0.116. The minimum Gasteiger partial charge on any atom is -0.494 e. The van der Waals surface area contributed by atoms with Crippen LogP contribution in [0.25, 0.3) is 5.69 Å². The lowest BCUT2D eigenvalue weighted by Crippen LogP contribution is -2.26. The fraction of sp³-hybridized carbons (Fsp3) is 0.105. The quantitative estimate of drug-likeness (QED) is 0.744. The summed E-state index contributed by atoms with van der Waals surface area (Å²) in [6, 6.07) is 11.2. The van der Waals surface area contributed by atoms with E-state index in [4.69, 9.17) is 14.2 Å². The van der Waals surface area contributed by atoms with Crippen molar-refractivity contribution in [3.63, 3.8) is 0 Å². The van der Waals surface area contributed by atoms with Gasteiger partial charge in [0.05, 0.1) is 18.9 Å². The van der Waals surface area contributed by atoms with Gasteiger partial charge in [-0.1, -0.05) is 0 Å². The maximum atomic E-state index is 13.2. The third kappa shape index (κ3) is 3.25. The van der Waals surface area contributed by atoms with Gasteiger partial charge in [-0.2, -0.15) is 9.78 Å². The first-order valence-electron chi connectivity index (χ1n) is 8.20. The molecule has 1 N–H and O–H groups in total. The first-order valence-corrected chi connectivity index (χ1v) is 8.20. The number of carbonyl (C=O) groups excluding carboxylic acids is 1. The van der Waals surface area contributed by atoms with E-state index in [0.717, 1.165) is 10.7 Å². The lowest BCUT2D eigenvalue weighted by atomic mass is 10.2. The topological polar surface area (TPSA) is 91.7 Å². The number of hydrogen-bond acceptors (Lipinski definition) is 6. The van der Waals surface area contributed by atoms with Gasteiger partial charge in [0.15, 0.2) is 22.9 Å². The van der Waals surface area contributed by atoms with Gasteiger partial charge >= 0.3 is 0 Å². The molecule has 9 heteroatoms. The summed E-state index contributed by atoms with van der Waals surface area (Å²) in [5, 5.41) is 6.78. The third-order valence-corrected chi connectivity index (χ3v) is 4.03. The normalized spacial score (nSPS) is 11.9. The number of rotatable bonds is 4. The van der Waals surface area contributed by atoms with Crippen LogP contribution in [0.15, 0.2) is 53.3 Å². The van der Waals surface area contributed by atoms with Gasteiger partial charge in [-0.15, -0.1) is 0 Å². The van der Waals surface area contributed by atoms with Crippen molar-refractivity contribution in [1.82, 2.24) is 9.78 Å². The van der Waals surface area contributed by atoms with Gasteiger partial charge in [0.25, 0.3) is 11.5 Å². The van der Waals surface area contributed by atoms with Crippen molar-refractivity contribution in [2.24, 2.45) is 0 Å². The summed E-state index contributed by atoms with van der Waals surface area (Å²) < 4.78 is 29.8. The van der Waals surface area contributed by atoms with Crippen LogP contribution < -0.4 is 25.1 Å². The van der Waals surface area contributed by atoms with Crippen molar-refractivity contribution in [2.45, 2.75) is 0 Å². The molecule has 2 heterocycles. The molecule has 2 aromatic carbocycles. The van der Waals surface area contributed by atoms with Crippen molar-refractivity contribution in [1.29, 1.82) is 0 Å². The fourth-order valence-electron chi connectivity index (χ4n) is 2.68. The van der Waals surface area contributed by atoms with E-state index in [0.29, 0.717) is 22.9 Å². The molecule has 8 nitrogen and oxygen atoms in total. The Morgan fingerprint density at radius 1 is 1.14 bits per heavy atom. The van der Waals surface area contributed by atoms with Crippen molar-refractivity contribution in [2.75, 3.05) is 19.2 Å². The summed E-state index contributed by atoms with van der Waals surface area (Å²) in [4.78, 5) is 25.1. The van der Waals surface area contributed by atoms with Crippen molar-refractivity contribution >= 4 is 11.6 Å². The van der Waals surface area contributed by atoms with Gasteiger partial charge < -0.3 is 19.5 Å². The van der Waals surface area contributed by atoms with Gasteiger partial charge in [0.2, 0.25) is 6.79 Å². The van der Waals surface area contributed by atoms with E-state index in [1.54, 1.807) is 18.2 Å². The highest BCUT2D eigenvalue weighted by molar-refractivity contribution is 6.04. The molecule has 1 amide bonds. The number of aromatic nitrogens is 2. The van der Waals surface area contributed by atoms with Gasteiger partial charge in [0.1, 0.15) is 5.82 Å². The number of hydrogen-bond donors (Lipinski definition) is 1. The summed E-state index contributed by atoms with van der Waals surface area (Å²) in [5.74, 6) is 0.0619. The highest BCUT2D eigenvalue weighted by Crippen LogP contribution is 2.34. The number of halogens is 1. The Balaban J connectivity index is 1.69. The molecule has 1 aliphatic rings. The van der Waals surface area contributed by atoms with Gasteiger partial charge in [0, 0.05) is 11.8 Å². The Morgan fingerprint density at radius 3 is 2.64 bits per heavy atom. The molecule has 1 aliphatic heterocycles. The van der Waals surface area contributed by atoms with Crippen LogP contribution in [0, 0.1) is 5.82 Å². The zero-order valence-electron chi connectivity index (χ0n) is 14.6. The maximum Gasteiger partial charge on any atom is 0.280 e. The van der Waals surface area contributed by atoms with Gasteiger partial charge in [-0.3, -0.25) is 9.59 Å². The van der Waals surface area contributed by atoms with Crippen molar-refractivity contribution < 1.29 is 23.4 Å². The van der Waals surface area contributed by atoms with E-state index in [1.807, 2.05) is 0 Å². The zero-order valence-corrected chi connectivity index (χ0v) is 14.6. The Hall–Kier alpha value is -3.88. The number of amides is 1. The number of anilines is 1. The maximum absolute atomic E-state index is 13.2. The Bertz CT molecular complexity index is 1110. The Kier molecular flexibility index (Phi) is 4.40. The van der Waals surface area contributed by atoms with Crippen LogP contribution >= 0.6 is 0 Å². The van der Waals surface area contributed by atoms with Crippen LogP contribution in [0.3, 0.4) is 0 Å². The van der Waals surface area contributed by atoms with Gasteiger partial charge in [-0.05, 0) is 36.4 Å². The van der Waals surface area contributed by atoms with E-state index < -0.39 is 17.3 Å². The summed E-state index contributed by atoms with van der Waals surface area (Å²) in [7, 11) is 1.33. The van der Waals surface area contributed by atoms with Gasteiger partial charge in [-0.25, -0.2) is 4.39 Å². The Labute approximate surface area is 158 Å². The van der Waals surface area contributed by atoms with Crippen LogP contribution in [-0.4, -0.2) is 29.6 Å². The molecule has 4 rings (SSSR count). The number of fused-ring (bicyclic) bond motifs is 1. The van der Waals surface area contributed by atoms with Crippen LogP contribution in [0.4, 0.5) is 10.1 Å². The molecule has 0 unspecified atom stereocenters. The lowest BCUT2D eigenvalue weighted by molar-refractivity contribution is 0.101. The first-order chi connectivity index (χ1) is 13.5. The minimum atomic E-state index is -0.591. The molecule has 142 valence electrons. The van der Waals surface area contributed by atoms with Crippen LogP contribution in [0.2, 0.25) is 0 Å². The molecular weight excluding hydrogens is 369 g/mol. The molecule has 1 aromatic heterocycles. The second kappa shape index (κ2) is 7.03. The van der Waals surface area contributed by atoms with Crippen molar-refractivity contribution in [3.8, 4) is 22.9 Å². The summed E-state index contributed by atoms with van der Waals surface area (Å²) >= 11 is 0. The molecule has 0 fully saturated rings. The van der Waals surface area contributed by atoms with Crippen molar-refractivity contribution in [3.05, 3.63) is 70.4 Å². The van der Waals surface area contributed by atoms with E-state index in [9.17, 15) is 14.0 Å². The standard InChI is InChI=1S/C19H14FN3O5/c1-26-16-9-17(24)23(13-5-2-11(20)3-6-13)22-18(16)19(25)21-12-4-7-14-15(8-12)28-10-27-14/h2-9H,10H2,1H3,(H,21,25). The first kappa shape index (κ1) is 17.5. The molecule has 28 heavy (non-hydrogen) atoms. The minimum absolute atomic E-state index is 0.0154. The zero-order chi connectivity index (χ0) is 19.7. The third-order valence-electron chi connectivity index (χ3n) is 4.03. The molecule has 0 aliphatic carbocycles. The number of methoxy groups -OCH3 is 1.